The molecule has 0 radical (unpaired) electrons. The molecule has 0 saturated carbocycles. The van der Waals surface area contributed by atoms with Crippen molar-refractivity contribution >= 4 is 22.4 Å². The number of hydrogen-bond acceptors (Lipinski definition) is 4. The molecule has 0 spiro atoms. The lowest BCUT2D eigenvalue weighted by Gasteiger charge is -2.25. The number of thiazole rings is 1. The monoisotopic (exact) mass is 212 g/mol. The first-order valence-electron chi connectivity index (χ1n) is 4.71. The highest BCUT2D eigenvalue weighted by Gasteiger charge is 2.16. The van der Waals surface area contributed by atoms with Crippen LogP contribution in [0.15, 0.2) is 5.38 Å². The maximum atomic E-state index is 10.6. The summed E-state index contributed by atoms with van der Waals surface area (Å²) >= 11 is 1.42. The van der Waals surface area contributed by atoms with E-state index in [1.54, 1.807) is 5.38 Å². The Morgan fingerprint density at radius 1 is 1.43 bits per heavy atom. The summed E-state index contributed by atoms with van der Waals surface area (Å²) in [4.78, 5) is 16.9. The number of carbonyl (C=O) groups is 1. The third-order valence-electron chi connectivity index (χ3n) is 2.34. The third kappa shape index (κ3) is 1.87. The Labute approximate surface area is 86.2 Å². The zero-order valence-electron chi connectivity index (χ0n) is 7.77. The highest BCUT2D eigenvalue weighted by molar-refractivity contribution is 7.13. The van der Waals surface area contributed by atoms with Crippen molar-refractivity contribution in [2.75, 3.05) is 18.0 Å². The quantitative estimate of drug-likeness (QED) is 0.812. The van der Waals surface area contributed by atoms with Crippen LogP contribution < -0.4 is 4.90 Å². The van der Waals surface area contributed by atoms with Gasteiger partial charge < -0.3 is 10.0 Å². The summed E-state index contributed by atoms with van der Waals surface area (Å²) in [5.74, 6) is -0.940. The van der Waals surface area contributed by atoms with Crippen LogP contribution >= 0.6 is 11.3 Å². The minimum absolute atomic E-state index is 0.163. The average Bonchev–Trinajstić information content (AvgIpc) is 2.68. The molecule has 0 amide bonds. The van der Waals surface area contributed by atoms with E-state index in [4.69, 9.17) is 5.11 Å². The fourth-order valence-electron chi connectivity index (χ4n) is 1.59. The predicted molar refractivity (Wildman–Crippen MR) is 55.1 cm³/mol. The lowest BCUT2D eigenvalue weighted by atomic mass is 10.1. The first-order chi connectivity index (χ1) is 6.77. The summed E-state index contributed by atoms with van der Waals surface area (Å²) < 4.78 is 0. The number of aromatic carboxylic acids is 1. The van der Waals surface area contributed by atoms with Gasteiger partial charge in [-0.15, -0.1) is 11.3 Å². The molecule has 1 aliphatic heterocycles. The van der Waals surface area contributed by atoms with Gasteiger partial charge in [-0.05, 0) is 19.3 Å². The van der Waals surface area contributed by atoms with Crippen LogP contribution in [-0.2, 0) is 0 Å². The molecule has 0 aromatic carbocycles. The van der Waals surface area contributed by atoms with Gasteiger partial charge in [0.1, 0.15) is 0 Å². The van der Waals surface area contributed by atoms with Gasteiger partial charge in [0.2, 0.25) is 0 Å². The van der Waals surface area contributed by atoms with Crippen molar-refractivity contribution in [3.05, 3.63) is 11.1 Å². The molecule has 0 atom stereocenters. The van der Waals surface area contributed by atoms with E-state index >= 15 is 0 Å². The van der Waals surface area contributed by atoms with Crippen LogP contribution in [0.3, 0.4) is 0 Å². The van der Waals surface area contributed by atoms with E-state index in [-0.39, 0.29) is 5.69 Å². The summed E-state index contributed by atoms with van der Waals surface area (Å²) in [7, 11) is 0. The standard InChI is InChI=1S/C9H12N2O2S/c12-8(13)7-6-14-9(10-7)11-4-2-1-3-5-11/h6H,1-5H2,(H,12,13). The molecule has 1 N–H and O–H groups in total. The van der Waals surface area contributed by atoms with Gasteiger partial charge in [-0.25, -0.2) is 9.78 Å². The van der Waals surface area contributed by atoms with Gasteiger partial charge in [0, 0.05) is 18.5 Å². The highest BCUT2D eigenvalue weighted by Crippen LogP contribution is 2.23. The van der Waals surface area contributed by atoms with Crippen molar-refractivity contribution in [2.24, 2.45) is 0 Å². The smallest absolute Gasteiger partial charge is 0.355 e. The second-order valence-electron chi connectivity index (χ2n) is 3.37. The summed E-state index contributed by atoms with van der Waals surface area (Å²) in [5, 5.41) is 11.2. The van der Waals surface area contributed by atoms with Gasteiger partial charge in [-0.3, -0.25) is 0 Å². The molecule has 2 rings (SSSR count). The van der Waals surface area contributed by atoms with E-state index in [1.165, 1.54) is 30.6 Å². The van der Waals surface area contributed by atoms with E-state index in [0.29, 0.717) is 0 Å². The van der Waals surface area contributed by atoms with E-state index < -0.39 is 5.97 Å². The minimum atomic E-state index is -0.940. The van der Waals surface area contributed by atoms with Crippen LogP contribution in [0.25, 0.3) is 0 Å². The van der Waals surface area contributed by atoms with Gasteiger partial charge >= 0.3 is 5.97 Å². The largest absolute Gasteiger partial charge is 0.476 e. The number of nitrogens with zero attached hydrogens (tertiary/aromatic N) is 2. The fraction of sp³-hybridized carbons (Fsp3) is 0.556. The average molecular weight is 212 g/mol. The Morgan fingerprint density at radius 3 is 2.71 bits per heavy atom. The van der Waals surface area contributed by atoms with Gasteiger partial charge in [0.15, 0.2) is 10.8 Å². The predicted octanol–water partition coefficient (Wildman–Crippen LogP) is 1.83. The number of piperidine rings is 1. The van der Waals surface area contributed by atoms with Crippen LogP contribution in [0, 0.1) is 0 Å². The molecule has 5 heteroatoms. The molecule has 0 aliphatic carbocycles. The van der Waals surface area contributed by atoms with E-state index in [1.807, 2.05) is 0 Å². The van der Waals surface area contributed by atoms with Crippen LogP contribution in [-0.4, -0.2) is 29.1 Å². The molecule has 4 nitrogen and oxygen atoms in total. The lowest BCUT2D eigenvalue weighted by Crippen LogP contribution is -2.29. The van der Waals surface area contributed by atoms with Crippen LogP contribution in [0.4, 0.5) is 5.13 Å². The summed E-state index contributed by atoms with van der Waals surface area (Å²) in [5.41, 5.74) is 0.163. The van der Waals surface area contributed by atoms with Crippen LogP contribution in [0.1, 0.15) is 29.8 Å². The number of hydrogen-bond donors (Lipinski definition) is 1. The third-order valence-corrected chi connectivity index (χ3v) is 3.24. The zero-order chi connectivity index (χ0) is 9.97. The van der Waals surface area contributed by atoms with E-state index in [2.05, 4.69) is 9.88 Å². The molecule has 1 aliphatic rings. The molecule has 1 aromatic heterocycles. The second-order valence-corrected chi connectivity index (χ2v) is 4.20. The Bertz CT molecular complexity index is 331. The maximum absolute atomic E-state index is 10.6. The number of carboxylic acids is 1. The van der Waals surface area contributed by atoms with Gasteiger partial charge in [0.25, 0.3) is 0 Å². The molecule has 1 aromatic rings. The van der Waals surface area contributed by atoms with Crippen molar-refractivity contribution in [3.63, 3.8) is 0 Å². The maximum Gasteiger partial charge on any atom is 0.355 e. The van der Waals surface area contributed by atoms with Crippen LogP contribution in [0.5, 0.6) is 0 Å². The summed E-state index contributed by atoms with van der Waals surface area (Å²) in [6.07, 6.45) is 3.64. The Balaban J connectivity index is 2.11. The van der Waals surface area contributed by atoms with E-state index in [9.17, 15) is 4.79 Å². The number of aromatic nitrogens is 1. The second kappa shape index (κ2) is 3.96. The zero-order valence-corrected chi connectivity index (χ0v) is 8.59. The van der Waals surface area contributed by atoms with Gasteiger partial charge in [0.05, 0.1) is 0 Å². The first-order valence-corrected chi connectivity index (χ1v) is 5.59. The molecule has 0 unspecified atom stereocenters. The van der Waals surface area contributed by atoms with E-state index in [0.717, 1.165) is 18.2 Å². The molecule has 1 saturated heterocycles. The van der Waals surface area contributed by atoms with Crippen LogP contribution in [0.2, 0.25) is 0 Å². The molecule has 2 heterocycles. The van der Waals surface area contributed by atoms with Crippen molar-refractivity contribution in [1.82, 2.24) is 4.98 Å². The normalized spacial score (nSPS) is 17.0. The highest BCUT2D eigenvalue weighted by atomic mass is 32.1. The first kappa shape index (κ1) is 9.45. The molecule has 14 heavy (non-hydrogen) atoms. The van der Waals surface area contributed by atoms with Crippen molar-refractivity contribution < 1.29 is 9.90 Å². The minimum Gasteiger partial charge on any atom is -0.476 e. The Morgan fingerprint density at radius 2 is 2.14 bits per heavy atom. The van der Waals surface area contributed by atoms with Crippen molar-refractivity contribution in [3.8, 4) is 0 Å². The topological polar surface area (TPSA) is 53.4 Å². The summed E-state index contributed by atoms with van der Waals surface area (Å²) in [6.45, 7) is 2.01. The van der Waals surface area contributed by atoms with Crippen molar-refractivity contribution in [2.45, 2.75) is 19.3 Å². The number of anilines is 1. The Kier molecular flexibility index (Phi) is 2.67. The van der Waals surface area contributed by atoms with Gasteiger partial charge in [-0.2, -0.15) is 0 Å². The number of carboxylic acid groups (broad SMARTS) is 1. The lowest BCUT2D eigenvalue weighted by molar-refractivity contribution is 0.0691. The Hall–Kier alpha value is -1.10. The molecular formula is C9H12N2O2S. The van der Waals surface area contributed by atoms with Crippen molar-refractivity contribution in [1.29, 1.82) is 0 Å². The summed E-state index contributed by atoms with van der Waals surface area (Å²) in [6, 6.07) is 0. The molecule has 0 bridgehead atoms. The SMILES string of the molecule is O=C(O)c1csc(N2CCCCC2)n1. The molecule has 76 valence electrons. The molecular weight excluding hydrogens is 200 g/mol. The fourth-order valence-corrected chi connectivity index (χ4v) is 2.45. The van der Waals surface area contributed by atoms with Gasteiger partial charge in [-0.1, -0.05) is 0 Å². The number of rotatable bonds is 2. The molecule has 1 fully saturated rings.